The first kappa shape index (κ1) is 25.1. The summed E-state index contributed by atoms with van der Waals surface area (Å²) in [6.07, 6.45) is 3.65. The van der Waals surface area contributed by atoms with Gasteiger partial charge < -0.3 is 9.64 Å². The van der Waals surface area contributed by atoms with Crippen molar-refractivity contribution in [2.45, 2.75) is 45.8 Å². The molecule has 1 aromatic carbocycles. The van der Waals surface area contributed by atoms with Gasteiger partial charge in [-0.05, 0) is 70.5 Å². The van der Waals surface area contributed by atoms with Crippen LogP contribution < -0.4 is 5.69 Å². The number of nitriles is 1. The monoisotopic (exact) mass is 499 g/mol. The molecule has 9 nitrogen and oxygen atoms in total. The number of piperidine rings is 1. The van der Waals surface area contributed by atoms with Gasteiger partial charge in [-0.15, -0.1) is 10.2 Å². The van der Waals surface area contributed by atoms with Gasteiger partial charge in [-0.25, -0.2) is 4.79 Å². The van der Waals surface area contributed by atoms with E-state index in [1.807, 2.05) is 45.2 Å². The van der Waals surface area contributed by atoms with Crippen LogP contribution in [-0.4, -0.2) is 55.5 Å². The lowest BCUT2D eigenvalue weighted by molar-refractivity contribution is 0.0402. The second-order valence-corrected chi connectivity index (χ2v) is 10.1. The molecule has 1 unspecified atom stereocenters. The number of benzene rings is 1. The van der Waals surface area contributed by atoms with Crippen LogP contribution in [0.3, 0.4) is 0 Å². The lowest BCUT2D eigenvalue weighted by Gasteiger charge is -2.29. The lowest BCUT2D eigenvalue weighted by atomic mass is 9.99. The summed E-state index contributed by atoms with van der Waals surface area (Å²) < 4.78 is 9.40. The standard InChI is InChI=1S/C28H33N7O2/c1-18(2)35-26-23-15-21(5-8-25(23)31-32-27(26)33(4)28(35)36)22-6-7-24(30-17-22)19(3)37-14-13-34-11-9-20(16-29)10-12-34/h5-8,15,17-20H,9-14H2,1-4H3. The Morgan fingerprint density at radius 2 is 1.86 bits per heavy atom. The fourth-order valence-corrected chi connectivity index (χ4v) is 5.10. The van der Waals surface area contributed by atoms with E-state index in [0.29, 0.717) is 12.3 Å². The van der Waals surface area contributed by atoms with E-state index in [1.54, 1.807) is 16.2 Å². The Bertz CT molecular complexity index is 1510. The Morgan fingerprint density at radius 1 is 1.11 bits per heavy atom. The van der Waals surface area contributed by atoms with E-state index in [9.17, 15) is 4.79 Å². The summed E-state index contributed by atoms with van der Waals surface area (Å²) in [4.78, 5) is 19.9. The third kappa shape index (κ3) is 4.87. The van der Waals surface area contributed by atoms with Crippen LogP contribution in [0.5, 0.6) is 0 Å². The highest BCUT2D eigenvalue weighted by molar-refractivity contribution is 6.02. The van der Waals surface area contributed by atoms with Crippen molar-refractivity contribution in [3.8, 4) is 17.2 Å². The molecule has 1 aliphatic rings. The van der Waals surface area contributed by atoms with E-state index in [1.165, 1.54) is 0 Å². The molecule has 1 saturated heterocycles. The molecule has 9 heteroatoms. The number of aryl methyl sites for hydroxylation is 1. The predicted octanol–water partition coefficient (Wildman–Crippen LogP) is 4.24. The maximum absolute atomic E-state index is 12.8. The van der Waals surface area contributed by atoms with Gasteiger partial charge in [-0.1, -0.05) is 12.1 Å². The molecule has 0 saturated carbocycles. The topological polar surface area (TPSA) is 102 Å². The van der Waals surface area contributed by atoms with Crippen LogP contribution in [-0.2, 0) is 11.8 Å². The third-order valence-corrected chi connectivity index (χ3v) is 7.37. The zero-order chi connectivity index (χ0) is 26.1. The highest BCUT2D eigenvalue weighted by Crippen LogP contribution is 2.29. The van der Waals surface area contributed by atoms with Gasteiger partial charge in [0.15, 0.2) is 5.65 Å². The molecule has 0 spiro atoms. The minimum Gasteiger partial charge on any atom is -0.371 e. The number of pyridine rings is 1. The van der Waals surface area contributed by atoms with E-state index >= 15 is 0 Å². The fourth-order valence-electron chi connectivity index (χ4n) is 5.10. The second-order valence-electron chi connectivity index (χ2n) is 10.1. The van der Waals surface area contributed by atoms with Crippen molar-refractivity contribution in [2.75, 3.05) is 26.2 Å². The molecular formula is C28H33N7O2. The fraction of sp³-hybridized carbons (Fsp3) is 0.464. The largest absolute Gasteiger partial charge is 0.371 e. The quantitative estimate of drug-likeness (QED) is 0.375. The summed E-state index contributed by atoms with van der Waals surface area (Å²) in [7, 11) is 1.73. The van der Waals surface area contributed by atoms with Crippen LogP contribution in [0.15, 0.2) is 41.3 Å². The molecule has 4 heterocycles. The van der Waals surface area contributed by atoms with E-state index in [-0.39, 0.29) is 23.8 Å². The Kier molecular flexibility index (Phi) is 7.04. The number of aromatic nitrogens is 5. The van der Waals surface area contributed by atoms with Crippen molar-refractivity contribution in [2.24, 2.45) is 13.0 Å². The van der Waals surface area contributed by atoms with Gasteiger partial charge >= 0.3 is 5.69 Å². The van der Waals surface area contributed by atoms with Gasteiger partial charge in [-0.2, -0.15) is 5.26 Å². The first-order valence-electron chi connectivity index (χ1n) is 12.9. The zero-order valence-corrected chi connectivity index (χ0v) is 21.9. The van der Waals surface area contributed by atoms with Crippen molar-refractivity contribution in [1.82, 2.24) is 29.2 Å². The van der Waals surface area contributed by atoms with Gasteiger partial charge in [0.1, 0.15) is 5.52 Å². The number of hydrogen-bond donors (Lipinski definition) is 0. The number of fused-ring (bicyclic) bond motifs is 3. The summed E-state index contributed by atoms with van der Waals surface area (Å²) in [6, 6.07) is 12.5. The first-order chi connectivity index (χ1) is 17.9. The number of likely N-dealkylation sites (tertiary alicyclic amines) is 1. The average Bonchev–Trinajstić information content (AvgIpc) is 3.19. The molecule has 0 amide bonds. The summed E-state index contributed by atoms with van der Waals surface area (Å²) in [5.41, 5.74) is 4.91. The third-order valence-electron chi connectivity index (χ3n) is 7.37. The molecule has 0 aliphatic carbocycles. The summed E-state index contributed by atoms with van der Waals surface area (Å²) in [5, 5.41) is 18.6. The number of ether oxygens (including phenoxy) is 1. The number of imidazole rings is 1. The van der Waals surface area contributed by atoms with E-state index < -0.39 is 0 Å². The van der Waals surface area contributed by atoms with E-state index in [2.05, 4.69) is 38.3 Å². The van der Waals surface area contributed by atoms with Crippen molar-refractivity contribution >= 4 is 22.1 Å². The van der Waals surface area contributed by atoms with Crippen LogP contribution in [0.2, 0.25) is 0 Å². The molecule has 0 radical (unpaired) electrons. The first-order valence-corrected chi connectivity index (χ1v) is 12.9. The van der Waals surface area contributed by atoms with Crippen LogP contribution >= 0.6 is 0 Å². The van der Waals surface area contributed by atoms with Crippen LogP contribution in [0.1, 0.15) is 51.5 Å². The van der Waals surface area contributed by atoms with Gasteiger partial charge in [0.05, 0.1) is 30.0 Å². The Hall–Kier alpha value is -3.61. The molecule has 37 heavy (non-hydrogen) atoms. The molecule has 1 aliphatic heterocycles. The molecule has 1 fully saturated rings. The molecule has 0 bridgehead atoms. The minimum atomic E-state index is -0.109. The summed E-state index contributed by atoms with van der Waals surface area (Å²) >= 11 is 0. The number of nitrogens with zero attached hydrogens (tertiary/aromatic N) is 7. The second kappa shape index (κ2) is 10.4. The number of hydrogen-bond acceptors (Lipinski definition) is 7. The molecule has 192 valence electrons. The Morgan fingerprint density at radius 3 is 2.54 bits per heavy atom. The van der Waals surface area contributed by atoms with Crippen molar-refractivity contribution < 1.29 is 4.74 Å². The van der Waals surface area contributed by atoms with Crippen LogP contribution in [0.25, 0.3) is 33.2 Å². The molecule has 5 rings (SSSR count). The number of rotatable bonds is 7. The molecule has 0 N–H and O–H groups in total. The van der Waals surface area contributed by atoms with Gasteiger partial charge in [0.2, 0.25) is 0 Å². The normalized spacial score (nSPS) is 16.0. The summed E-state index contributed by atoms with van der Waals surface area (Å²) in [5.74, 6) is 0.202. The van der Waals surface area contributed by atoms with Gasteiger partial charge in [0.25, 0.3) is 0 Å². The Labute approximate surface area is 216 Å². The molecule has 1 atom stereocenters. The highest BCUT2D eigenvalue weighted by atomic mass is 16.5. The van der Waals surface area contributed by atoms with E-state index in [4.69, 9.17) is 10.00 Å². The lowest BCUT2D eigenvalue weighted by Crippen LogP contribution is -2.35. The molecule has 4 aromatic rings. The van der Waals surface area contributed by atoms with E-state index in [0.717, 1.165) is 65.7 Å². The Balaban J connectivity index is 1.32. The van der Waals surface area contributed by atoms with Gasteiger partial charge in [-0.3, -0.25) is 14.1 Å². The van der Waals surface area contributed by atoms with Crippen molar-refractivity contribution in [3.63, 3.8) is 0 Å². The minimum absolute atomic E-state index is 0.000859. The highest BCUT2D eigenvalue weighted by Gasteiger charge is 2.20. The van der Waals surface area contributed by atoms with Crippen molar-refractivity contribution in [1.29, 1.82) is 5.26 Å². The summed E-state index contributed by atoms with van der Waals surface area (Å²) in [6.45, 7) is 9.45. The van der Waals surface area contributed by atoms with Crippen LogP contribution in [0, 0.1) is 17.2 Å². The van der Waals surface area contributed by atoms with Crippen LogP contribution in [0.4, 0.5) is 0 Å². The maximum atomic E-state index is 12.8. The van der Waals surface area contributed by atoms with Gasteiger partial charge in [0, 0.05) is 42.7 Å². The molecule has 3 aromatic heterocycles. The zero-order valence-electron chi connectivity index (χ0n) is 21.9. The molecular weight excluding hydrogens is 466 g/mol. The predicted molar refractivity (Wildman–Crippen MR) is 143 cm³/mol. The average molecular weight is 500 g/mol. The maximum Gasteiger partial charge on any atom is 0.330 e. The van der Waals surface area contributed by atoms with Crippen molar-refractivity contribution in [3.05, 3.63) is 52.7 Å². The SMILES string of the molecule is CC(OCCN1CCC(C#N)CC1)c1ccc(-c2ccc3nnc4c(c3c2)n(C(C)C)c(=O)n4C)cn1. The smallest absolute Gasteiger partial charge is 0.330 e.